The van der Waals surface area contributed by atoms with Crippen molar-refractivity contribution in [3.8, 4) is 0 Å². The zero-order valence-electron chi connectivity index (χ0n) is 30.3. The van der Waals surface area contributed by atoms with Gasteiger partial charge < -0.3 is 42.0 Å². The minimum absolute atomic E-state index is 0.0356. The maximum absolute atomic E-state index is 14.0. The second-order valence-electron chi connectivity index (χ2n) is 13.4. The molecule has 6 amide bonds. The molecule has 1 fully saturated rings. The van der Waals surface area contributed by atoms with E-state index in [-0.39, 0.29) is 58.0 Å². The van der Waals surface area contributed by atoms with E-state index >= 15 is 0 Å². The van der Waals surface area contributed by atoms with Gasteiger partial charge in [-0.1, -0.05) is 66.7 Å². The Morgan fingerprint density at radius 3 is 2.46 bits per heavy atom. The molecule has 14 heteroatoms. The van der Waals surface area contributed by atoms with Crippen LogP contribution in [0.4, 0.5) is 0 Å². The van der Waals surface area contributed by atoms with Crippen LogP contribution in [0.25, 0.3) is 10.8 Å². The summed E-state index contributed by atoms with van der Waals surface area (Å²) in [5.41, 5.74) is 7.68. The Labute approximate surface area is 314 Å². The minimum atomic E-state index is -0.980. The van der Waals surface area contributed by atoms with Crippen LogP contribution < -0.4 is 32.3 Å². The van der Waals surface area contributed by atoms with Gasteiger partial charge in [0.1, 0.15) is 12.1 Å². The number of carbonyl (C=O) groups excluding carboxylic acids is 6. The van der Waals surface area contributed by atoms with Crippen molar-refractivity contribution in [2.75, 3.05) is 45.9 Å². The van der Waals surface area contributed by atoms with Gasteiger partial charge in [0, 0.05) is 57.8 Å². The number of amides is 6. The Bertz CT molecular complexity index is 1840. The number of piperidine rings is 1. The number of benzene rings is 3. The number of nitrogens with one attached hydrogen (secondary N) is 5. The molecule has 2 aliphatic rings. The lowest BCUT2D eigenvalue weighted by Crippen LogP contribution is -2.52. The second kappa shape index (κ2) is 20.0. The normalized spacial score (nSPS) is 21.3. The molecule has 2 bridgehead atoms. The molecular weight excluding hydrogens is 690 g/mol. The predicted octanol–water partition coefficient (Wildman–Crippen LogP) is 0.617. The molecule has 286 valence electrons. The third-order valence-corrected chi connectivity index (χ3v) is 9.53. The van der Waals surface area contributed by atoms with E-state index < -0.39 is 47.5 Å². The Morgan fingerprint density at radius 2 is 1.63 bits per heavy atom. The first kappa shape index (κ1) is 39.6. The molecule has 3 atom stereocenters. The molecule has 7 N–H and O–H groups in total. The lowest BCUT2D eigenvalue weighted by molar-refractivity contribution is -0.135. The smallest absolute Gasteiger partial charge is 0.246 e. The summed E-state index contributed by atoms with van der Waals surface area (Å²) >= 11 is 0. The average Bonchev–Trinajstić information content (AvgIpc) is 3.18. The summed E-state index contributed by atoms with van der Waals surface area (Å²) < 4.78 is 5.33. The van der Waals surface area contributed by atoms with Crippen LogP contribution in [0.5, 0.6) is 0 Å². The van der Waals surface area contributed by atoms with E-state index in [1.807, 2.05) is 48.5 Å². The van der Waals surface area contributed by atoms with Gasteiger partial charge in [-0.3, -0.25) is 28.8 Å². The number of hydrogen-bond donors (Lipinski definition) is 6. The van der Waals surface area contributed by atoms with Gasteiger partial charge in [0.25, 0.3) is 0 Å². The van der Waals surface area contributed by atoms with E-state index in [9.17, 15) is 28.8 Å². The van der Waals surface area contributed by atoms with Gasteiger partial charge in [0.2, 0.25) is 35.4 Å². The van der Waals surface area contributed by atoms with E-state index in [1.54, 1.807) is 18.2 Å². The summed E-state index contributed by atoms with van der Waals surface area (Å²) in [6.45, 7) is 1.80. The van der Waals surface area contributed by atoms with Crippen LogP contribution in [0.3, 0.4) is 0 Å². The summed E-state index contributed by atoms with van der Waals surface area (Å²) in [6.07, 6.45) is 3.60. The molecule has 5 rings (SSSR count). The third kappa shape index (κ3) is 11.4. The minimum Gasteiger partial charge on any atom is -0.378 e. The monoisotopic (exact) mass is 739 g/mol. The molecule has 54 heavy (non-hydrogen) atoms. The fraction of sp³-hybridized carbons (Fsp3) is 0.400. The zero-order valence-corrected chi connectivity index (χ0v) is 30.3. The van der Waals surface area contributed by atoms with Crippen molar-refractivity contribution < 1.29 is 33.5 Å². The summed E-state index contributed by atoms with van der Waals surface area (Å²) in [6, 6.07) is 18.9. The van der Waals surface area contributed by atoms with Crippen LogP contribution in [-0.2, 0) is 52.9 Å². The fourth-order valence-corrected chi connectivity index (χ4v) is 6.68. The van der Waals surface area contributed by atoms with Gasteiger partial charge >= 0.3 is 0 Å². The van der Waals surface area contributed by atoms with E-state index in [2.05, 4.69) is 26.6 Å². The fourth-order valence-electron chi connectivity index (χ4n) is 6.68. The van der Waals surface area contributed by atoms with Gasteiger partial charge in [-0.15, -0.1) is 0 Å². The molecule has 2 aliphatic heterocycles. The molecule has 0 saturated carbocycles. The average molecular weight is 740 g/mol. The number of carbonyl (C=O) groups is 6. The highest BCUT2D eigenvalue weighted by atomic mass is 16.5. The molecular formula is C40H49N7O7. The number of hydrogen-bond acceptors (Lipinski definition) is 8. The van der Waals surface area contributed by atoms with Gasteiger partial charge in [0.05, 0.1) is 25.6 Å². The molecule has 14 nitrogen and oxygen atoms in total. The maximum atomic E-state index is 14.0. The second-order valence-corrected chi connectivity index (χ2v) is 13.4. The van der Waals surface area contributed by atoms with Gasteiger partial charge in [-0.25, -0.2) is 0 Å². The van der Waals surface area contributed by atoms with E-state index in [0.29, 0.717) is 43.7 Å². The largest absolute Gasteiger partial charge is 0.378 e. The van der Waals surface area contributed by atoms with Crippen molar-refractivity contribution in [2.24, 2.45) is 11.7 Å². The molecule has 2 heterocycles. The Kier molecular flexibility index (Phi) is 14.7. The van der Waals surface area contributed by atoms with Crippen molar-refractivity contribution in [2.45, 2.75) is 50.7 Å². The van der Waals surface area contributed by atoms with Crippen molar-refractivity contribution in [1.82, 2.24) is 31.5 Å². The van der Waals surface area contributed by atoms with Gasteiger partial charge in [-0.2, -0.15) is 0 Å². The van der Waals surface area contributed by atoms with Crippen molar-refractivity contribution in [3.63, 3.8) is 0 Å². The molecule has 1 saturated heterocycles. The van der Waals surface area contributed by atoms with E-state index in [1.165, 1.54) is 4.90 Å². The molecule has 3 aromatic rings. The predicted molar refractivity (Wildman–Crippen MR) is 202 cm³/mol. The first-order valence-corrected chi connectivity index (χ1v) is 18.4. The third-order valence-electron chi connectivity index (χ3n) is 9.53. The van der Waals surface area contributed by atoms with E-state index in [4.69, 9.17) is 10.5 Å². The standard InChI is InChI=1S/C40H49N7O7/c41-17-21-54-22-19-43-39(52)33-16-18-42-35(48)14-15-37(50)47-20-6-12-31(26-47)38(51)46-34(23-29-11-5-10-27-7-3-4-13-32(27)29)40(53)44-25-30-9-2-1-8-28(30)24-36(49)45-33/h1-5,7-11,13-15,31,33-34H,6,12,16-26,41H2,(H,42,48)(H,43,52)(H,44,53)(H,45,49)(H,46,51)/b15-14+/t31-,33+,34+/m1/s1. The van der Waals surface area contributed by atoms with Crippen LogP contribution in [-0.4, -0.2) is 98.4 Å². The lowest BCUT2D eigenvalue weighted by Gasteiger charge is -2.32. The maximum Gasteiger partial charge on any atom is 0.246 e. The molecule has 0 spiro atoms. The summed E-state index contributed by atoms with van der Waals surface area (Å²) in [5.74, 6) is -3.15. The number of nitrogens with zero attached hydrogens (tertiary/aromatic N) is 1. The first-order chi connectivity index (χ1) is 26.2. The molecule has 0 radical (unpaired) electrons. The number of fused-ring (bicyclic) bond motifs is 4. The highest BCUT2D eigenvalue weighted by molar-refractivity contribution is 5.97. The van der Waals surface area contributed by atoms with Gasteiger partial charge in [-0.05, 0) is 46.7 Å². The Hall–Kier alpha value is -5.60. The quantitative estimate of drug-likeness (QED) is 0.181. The van der Waals surface area contributed by atoms with Crippen LogP contribution >= 0.6 is 0 Å². The lowest BCUT2D eigenvalue weighted by atomic mass is 9.95. The Morgan fingerprint density at radius 1 is 0.852 bits per heavy atom. The zero-order chi connectivity index (χ0) is 38.3. The Balaban J connectivity index is 1.39. The topological polar surface area (TPSA) is 201 Å². The van der Waals surface area contributed by atoms with E-state index in [0.717, 1.165) is 28.5 Å². The van der Waals surface area contributed by atoms with Gasteiger partial charge in [0.15, 0.2) is 0 Å². The van der Waals surface area contributed by atoms with Crippen molar-refractivity contribution in [1.29, 1.82) is 0 Å². The van der Waals surface area contributed by atoms with Crippen LogP contribution in [0.15, 0.2) is 78.9 Å². The number of rotatable bonds is 8. The summed E-state index contributed by atoms with van der Waals surface area (Å²) in [5, 5.41) is 16.1. The highest BCUT2D eigenvalue weighted by Gasteiger charge is 2.31. The molecule has 3 aromatic carbocycles. The molecule has 0 unspecified atom stereocenters. The number of ether oxygens (including phenoxy) is 1. The van der Waals surface area contributed by atoms with Crippen molar-refractivity contribution >= 4 is 46.2 Å². The molecule has 0 aromatic heterocycles. The SMILES string of the molecule is NCCOCCNC(=O)[C@@H]1CCNC(=O)/C=C/C(=O)N2CCC[C@H](C2)C(=O)N[C@@H](Cc2cccc3ccccc23)C(=O)NCc2ccccc2CC(=O)N1. The molecule has 0 aliphatic carbocycles. The van der Waals surface area contributed by atoms with Crippen LogP contribution in [0.1, 0.15) is 36.0 Å². The summed E-state index contributed by atoms with van der Waals surface area (Å²) in [4.78, 5) is 81.5. The highest BCUT2D eigenvalue weighted by Crippen LogP contribution is 2.22. The summed E-state index contributed by atoms with van der Waals surface area (Å²) in [7, 11) is 0. The number of nitrogens with two attached hydrogens (primary N) is 1. The van der Waals surface area contributed by atoms with Crippen molar-refractivity contribution in [3.05, 3.63) is 95.6 Å². The van der Waals surface area contributed by atoms with Crippen LogP contribution in [0, 0.1) is 5.92 Å². The van der Waals surface area contributed by atoms with Crippen LogP contribution in [0.2, 0.25) is 0 Å². The first-order valence-electron chi connectivity index (χ1n) is 18.4.